The first-order chi connectivity index (χ1) is 9.04. The normalized spacial score (nSPS) is 11.3. The van der Waals surface area contributed by atoms with Gasteiger partial charge in [0.25, 0.3) is 5.19 Å². The van der Waals surface area contributed by atoms with Gasteiger partial charge in [0.2, 0.25) is 0 Å². The highest BCUT2D eigenvalue weighted by Crippen LogP contribution is 2.50. The fourth-order valence-corrected chi connectivity index (χ4v) is 4.11. The molecule has 0 fully saturated rings. The first-order valence-electron chi connectivity index (χ1n) is 5.76. The van der Waals surface area contributed by atoms with Gasteiger partial charge in [0, 0.05) is 17.2 Å². The van der Waals surface area contributed by atoms with Gasteiger partial charge in [0.15, 0.2) is 5.69 Å². The number of ether oxygens (including phenoxy) is 1. The van der Waals surface area contributed by atoms with E-state index in [0.29, 0.717) is 19.8 Å². The van der Waals surface area contributed by atoms with Crippen LogP contribution in [-0.2, 0) is 25.6 Å². The SMILES string of the molecule is CCOC(=O)c1csc(OP(=S)(OCC)OCC)n1. The van der Waals surface area contributed by atoms with Crippen LogP contribution in [0.5, 0.6) is 5.19 Å². The third-order valence-electron chi connectivity index (χ3n) is 1.73. The minimum atomic E-state index is -2.84. The zero-order valence-corrected chi connectivity index (χ0v) is 13.5. The summed E-state index contributed by atoms with van der Waals surface area (Å²) in [4.78, 5) is 15.5. The number of nitrogens with zero attached hydrogens (tertiary/aromatic N) is 1. The molecule has 108 valence electrons. The summed E-state index contributed by atoms with van der Waals surface area (Å²) in [5, 5.41) is 1.79. The molecule has 0 bridgehead atoms. The predicted octanol–water partition coefficient (Wildman–Crippen LogP) is 3.00. The summed E-state index contributed by atoms with van der Waals surface area (Å²) >= 11 is 6.35. The molecule has 0 saturated carbocycles. The lowest BCUT2D eigenvalue weighted by atomic mass is 10.5. The number of aromatic nitrogens is 1. The van der Waals surface area contributed by atoms with Crippen molar-refractivity contribution in [2.45, 2.75) is 20.8 Å². The number of thiazole rings is 1. The summed E-state index contributed by atoms with van der Waals surface area (Å²) in [5.41, 5.74) is 0.191. The van der Waals surface area contributed by atoms with Gasteiger partial charge in [-0.1, -0.05) is 11.3 Å². The highest BCUT2D eigenvalue weighted by Gasteiger charge is 2.24. The van der Waals surface area contributed by atoms with Gasteiger partial charge < -0.3 is 9.26 Å². The molecule has 9 heteroatoms. The number of carbonyl (C=O) groups excluding carboxylic acids is 1. The molecule has 0 atom stereocenters. The molecule has 0 aliphatic carbocycles. The molecule has 0 aromatic carbocycles. The van der Waals surface area contributed by atoms with Crippen LogP contribution in [0.3, 0.4) is 0 Å². The van der Waals surface area contributed by atoms with E-state index in [1.54, 1.807) is 26.2 Å². The topological polar surface area (TPSA) is 66.9 Å². The zero-order chi connectivity index (χ0) is 14.3. The lowest BCUT2D eigenvalue weighted by Gasteiger charge is -2.18. The summed E-state index contributed by atoms with van der Waals surface area (Å²) < 4.78 is 21.0. The molecule has 0 radical (unpaired) electrons. The molecule has 1 rings (SSSR count). The molecule has 1 aromatic rings. The smallest absolute Gasteiger partial charge is 0.382 e. The first-order valence-corrected chi connectivity index (χ1v) is 9.19. The maximum absolute atomic E-state index is 11.5. The van der Waals surface area contributed by atoms with Crippen molar-refractivity contribution in [2.75, 3.05) is 19.8 Å². The summed E-state index contributed by atoms with van der Waals surface area (Å²) in [6, 6.07) is 0. The molecule has 1 heterocycles. The fourth-order valence-electron chi connectivity index (χ4n) is 1.10. The van der Waals surface area contributed by atoms with E-state index in [0.717, 1.165) is 11.3 Å². The molecule has 0 unspecified atom stereocenters. The maximum Gasteiger partial charge on any atom is 0.382 e. The molecule has 0 N–H and O–H groups in total. The minimum absolute atomic E-state index is 0.191. The van der Waals surface area contributed by atoms with Gasteiger partial charge in [0.1, 0.15) is 0 Å². The van der Waals surface area contributed by atoms with Gasteiger partial charge >= 0.3 is 12.7 Å². The minimum Gasteiger partial charge on any atom is -0.461 e. The van der Waals surface area contributed by atoms with Crippen molar-refractivity contribution < 1.29 is 23.1 Å². The first kappa shape index (κ1) is 16.5. The summed E-state index contributed by atoms with van der Waals surface area (Å²) in [6.45, 7) is 3.54. The number of carbonyl (C=O) groups is 1. The van der Waals surface area contributed by atoms with Crippen LogP contribution in [0.25, 0.3) is 0 Å². The standard InChI is InChI=1S/C10H16NO5PS2/c1-4-13-9(12)8-7-19-10(11-8)16-17(18,14-5-2)15-6-3/h7H,4-6H2,1-3H3. The molecular weight excluding hydrogens is 309 g/mol. The molecule has 0 spiro atoms. The van der Waals surface area contributed by atoms with E-state index in [9.17, 15) is 4.79 Å². The highest BCUT2D eigenvalue weighted by atomic mass is 32.5. The average Bonchev–Trinajstić information content (AvgIpc) is 2.78. The molecule has 0 amide bonds. The number of hydrogen-bond donors (Lipinski definition) is 0. The average molecular weight is 325 g/mol. The van der Waals surface area contributed by atoms with Crippen LogP contribution in [0.1, 0.15) is 31.3 Å². The lowest BCUT2D eigenvalue weighted by Crippen LogP contribution is -2.05. The maximum atomic E-state index is 11.5. The second kappa shape index (κ2) is 7.91. The van der Waals surface area contributed by atoms with E-state index in [4.69, 9.17) is 30.1 Å². The molecule has 0 aliphatic heterocycles. The van der Waals surface area contributed by atoms with Crippen LogP contribution in [0, 0.1) is 0 Å². The molecule has 0 aliphatic rings. The number of hydrogen-bond acceptors (Lipinski definition) is 8. The quantitative estimate of drug-likeness (QED) is 0.537. The van der Waals surface area contributed by atoms with E-state index >= 15 is 0 Å². The highest BCUT2D eigenvalue weighted by molar-refractivity contribution is 8.07. The van der Waals surface area contributed by atoms with Gasteiger partial charge in [-0.15, -0.1) is 0 Å². The third kappa shape index (κ3) is 5.16. The Morgan fingerprint density at radius 3 is 2.47 bits per heavy atom. The largest absolute Gasteiger partial charge is 0.461 e. The summed E-state index contributed by atoms with van der Waals surface area (Å²) in [6.07, 6.45) is 0. The third-order valence-corrected chi connectivity index (χ3v) is 4.97. The zero-order valence-electron chi connectivity index (χ0n) is 11.0. The monoisotopic (exact) mass is 325 g/mol. The van der Waals surface area contributed by atoms with Crippen LogP contribution >= 0.6 is 18.1 Å². The van der Waals surface area contributed by atoms with Crippen molar-refractivity contribution >= 4 is 35.8 Å². The van der Waals surface area contributed by atoms with Gasteiger partial charge in [-0.25, -0.2) is 4.79 Å². The molecule has 0 saturated heterocycles. The van der Waals surface area contributed by atoms with Gasteiger partial charge in [0.05, 0.1) is 19.8 Å². The Morgan fingerprint density at radius 2 is 1.95 bits per heavy atom. The Labute approximate surface area is 121 Å². The van der Waals surface area contributed by atoms with E-state index in [-0.39, 0.29) is 10.9 Å². The summed E-state index contributed by atoms with van der Waals surface area (Å²) in [7, 11) is 0. The molecule has 19 heavy (non-hydrogen) atoms. The predicted molar refractivity (Wildman–Crippen MR) is 76.2 cm³/mol. The van der Waals surface area contributed by atoms with Crippen LogP contribution in [0.2, 0.25) is 0 Å². The van der Waals surface area contributed by atoms with Gasteiger partial charge in [-0.3, -0.25) is 9.05 Å². The van der Waals surface area contributed by atoms with Crippen LogP contribution in [0.4, 0.5) is 0 Å². The van der Waals surface area contributed by atoms with Crippen LogP contribution in [-0.4, -0.2) is 30.8 Å². The van der Waals surface area contributed by atoms with Gasteiger partial charge in [-0.2, -0.15) is 4.98 Å². The van der Waals surface area contributed by atoms with Crippen molar-refractivity contribution in [3.63, 3.8) is 0 Å². The Bertz CT molecular complexity index is 455. The van der Waals surface area contributed by atoms with Crippen molar-refractivity contribution in [2.24, 2.45) is 0 Å². The molecule has 1 aromatic heterocycles. The van der Waals surface area contributed by atoms with Crippen molar-refractivity contribution in [1.29, 1.82) is 0 Å². The van der Waals surface area contributed by atoms with Crippen LogP contribution in [0.15, 0.2) is 5.38 Å². The Hall–Kier alpha value is -0.530. The molecular formula is C10H16NO5PS2. The number of esters is 1. The second-order valence-electron chi connectivity index (χ2n) is 3.09. The Morgan fingerprint density at radius 1 is 1.32 bits per heavy atom. The lowest BCUT2D eigenvalue weighted by molar-refractivity contribution is 0.0519. The van der Waals surface area contributed by atoms with E-state index in [1.807, 2.05) is 0 Å². The van der Waals surface area contributed by atoms with Gasteiger partial charge in [-0.05, 0) is 20.8 Å². The number of rotatable bonds is 8. The van der Waals surface area contributed by atoms with E-state index in [1.165, 1.54) is 0 Å². The molecule has 6 nitrogen and oxygen atoms in total. The Balaban J connectivity index is 2.75. The van der Waals surface area contributed by atoms with Crippen LogP contribution < -0.4 is 4.52 Å². The fraction of sp³-hybridized carbons (Fsp3) is 0.600. The Kier molecular flexibility index (Phi) is 6.88. The van der Waals surface area contributed by atoms with Crippen molar-refractivity contribution in [3.8, 4) is 5.19 Å². The van der Waals surface area contributed by atoms with Crippen molar-refractivity contribution in [1.82, 2.24) is 4.98 Å². The summed E-state index contributed by atoms with van der Waals surface area (Å²) in [5.74, 6) is -0.491. The van der Waals surface area contributed by atoms with Crippen molar-refractivity contribution in [3.05, 3.63) is 11.1 Å². The van der Waals surface area contributed by atoms with E-state index < -0.39 is 12.7 Å². The van der Waals surface area contributed by atoms with E-state index in [2.05, 4.69) is 4.98 Å². The second-order valence-corrected chi connectivity index (χ2v) is 6.85.